The molecule has 4 rings (SSSR count). The smallest absolute Gasteiger partial charge is 0.252 e. The highest BCUT2D eigenvalue weighted by Crippen LogP contribution is 2.26. The largest absolute Gasteiger partial charge is 0.494 e. The summed E-state index contributed by atoms with van der Waals surface area (Å²) in [5, 5.41) is 6.37. The minimum Gasteiger partial charge on any atom is -0.494 e. The predicted octanol–water partition coefficient (Wildman–Crippen LogP) is 4.12. The van der Waals surface area contributed by atoms with E-state index in [1.165, 1.54) is 38.5 Å². The zero-order chi connectivity index (χ0) is 23.8. The zero-order valence-electron chi connectivity index (χ0n) is 20.7. The second-order valence-corrected chi connectivity index (χ2v) is 8.66. The first-order chi connectivity index (χ1) is 16.7. The number of nitrogens with zero attached hydrogens (tertiary/aromatic N) is 7. The van der Waals surface area contributed by atoms with Crippen LogP contribution in [-0.4, -0.2) is 67.6 Å². The fourth-order valence-corrected chi connectivity index (χ4v) is 4.32. The molecular weight excluding hydrogens is 430 g/mol. The maximum absolute atomic E-state index is 5.81. The molecule has 184 valence electrons. The Morgan fingerprint density at radius 2 is 1.44 bits per heavy atom. The number of hydrogen-bond donors (Lipinski definition) is 0. The molecule has 0 saturated carbocycles. The number of piperidine rings is 2. The van der Waals surface area contributed by atoms with Gasteiger partial charge in [-0.05, 0) is 64.5 Å². The van der Waals surface area contributed by atoms with E-state index in [9.17, 15) is 0 Å². The topological polar surface area (TPSA) is 79.2 Å². The SMILES string of the molecule is CCOc1ccc(/C=N/N(C)c2nc(N3CCCCC3)nc(N3CCCCC3)n2)c(OCC)c1. The van der Waals surface area contributed by atoms with E-state index >= 15 is 0 Å². The molecule has 2 aliphatic heterocycles. The molecule has 2 aromatic rings. The van der Waals surface area contributed by atoms with Crippen molar-refractivity contribution in [3.63, 3.8) is 0 Å². The Morgan fingerprint density at radius 3 is 2.00 bits per heavy atom. The number of hydrazone groups is 1. The number of rotatable bonds is 9. The minimum absolute atomic E-state index is 0.552. The molecule has 0 amide bonds. The molecule has 1 aromatic heterocycles. The van der Waals surface area contributed by atoms with E-state index in [1.807, 2.05) is 39.1 Å². The van der Waals surface area contributed by atoms with E-state index in [0.717, 1.165) is 55.1 Å². The van der Waals surface area contributed by atoms with Crippen molar-refractivity contribution in [1.29, 1.82) is 0 Å². The molecule has 9 heteroatoms. The molecule has 0 radical (unpaired) electrons. The highest BCUT2D eigenvalue weighted by atomic mass is 16.5. The van der Waals surface area contributed by atoms with Gasteiger partial charge in [-0.25, -0.2) is 5.01 Å². The molecule has 0 unspecified atom stereocenters. The fraction of sp³-hybridized carbons (Fsp3) is 0.600. The molecule has 34 heavy (non-hydrogen) atoms. The summed E-state index contributed by atoms with van der Waals surface area (Å²) < 4.78 is 11.4. The summed E-state index contributed by atoms with van der Waals surface area (Å²) in [5.74, 6) is 3.58. The third-order valence-electron chi connectivity index (χ3n) is 6.13. The van der Waals surface area contributed by atoms with Gasteiger partial charge in [0.1, 0.15) is 11.5 Å². The lowest BCUT2D eigenvalue weighted by Gasteiger charge is -2.30. The van der Waals surface area contributed by atoms with Gasteiger partial charge in [0.2, 0.25) is 11.9 Å². The van der Waals surface area contributed by atoms with E-state index < -0.39 is 0 Å². The highest BCUT2D eigenvalue weighted by molar-refractivity contribution is 5.84. The van der Waals surface area contributed by atoms with Gasteiger partial charge in [0.25, 0.3) is 5.95 Å². The summed E-state index contributed by atoms with van der Waals surface area (Å²) in [6, 6.07) is 5.79. The van der Waals surface area contributed by atoms with Gasteiger partial charge in [-0.2, -0.15) is 20.1 Å². The second kappa shape index (κ2) is 11.9. The van der Waals surface area contributed by atoms with Crippen LogP contribution in [0.3, 0.4) is 0 Å². The molecule has 0 N–H and O–H groups in total. The molecule has 3 heterocycles. The molecule has 9 nitrogen and oxygen atoms in total. The van der Waals surface area contributed by atoms with Gasteiger partial charge in [-0.15, -0.1) is 0 Å². The van der Waals surface area contributed by atoms with Crippen LogP contribution in [0.15, 0.2) is 23.3 Å². The second-order valence-electron chi connectivity index (χ2n) is 8.66. The third kappa shape index (κ3) is 6.07. The molecule has 1 aromatic carbocycles. The lowest BCUT2D eigenvalue weighted by atomic mass is 10.1. The van der Waals surface area contributed by atoms with Crippen LogP contribution in [0.2, 0.25) is 0 Å². The molecule has 0 bridgehead atoms. The summed E-state index contributed by atoms with van der Waals surface area (Å²) in [4.78, 5) is 19.0. The van der Waals surface area contributed by atoms with Gasteiger partial charge < -0.3 is 19.3 Å². The average molecular weight is 468 g/mol. The van der Waals surface area contributed by atoms with Crippen LogP contribution in [0.25, 0.3) is 0 Å². The van der Waals surface area contributed by atoms with Crippen LogP contribution in [0.1, 0.15) is 57.9 Å². The normalized spacial score (nSPS) is 16.7. The first-order valence-electron chi connectivity index (χ1n) is 12.6. The van der Waals surface area contributed by atoms with E-state index in [1.54, 1.807) is 11.2 Å². The Hall–Kier alpha value is -3.10. The van der Waals surface area contributed by atoms with E-state index in [-0.39, 0.29) is 0 Å². The summed E-state index contributed by atoms with van der Waals surface area (Å²) in [5.41, 5.74) is 0.874. The number of aromatic nitrogens is 3. The fourth-order valence-electron chi connectivity index (χ4n) is 4.32. The van der Waals surface area contributed by atoms with Crippen LogP contribution < -0.4 is 24.3 Å². The maximum Gasteiger partial charge on any atom is 0.252 e. The van der Waals surface area contributed by atoms with Crippen molar-refractivity contribution in [2.24, 2.45) is 5.10 Å². The number of ether oxygens (including phenoxy) is 2. The van der Waals surface area contributed by atoms with Crippen molar-refractivity contribution in [1.82, 2.24) is 15.0 Å². The summed E-state index contributed by atoms with van der Waals surface area (Å²) in [7, 11) is 1.88. The Morgan fingerprint density at radius 1 is 0.853 bits per heavy atom. The summed E-state index contributed by atoms with van der Waals surface area (Å²) >= 11 is 0. The molecule has 2 fully saturated rings. The van der Waals surface area contributed by atoms with E-state index in [4.69, 9.17) is 24.4 Å². The van der Waals surface area contributed by atoms with E-state index in [0.29, 0.717) is 19.2 Å². The van der Waals surface area contributed by atoms with Crippen LogP contribution in [0.4, 0.5) is 17.8 Å². The number of anilines is 3. The lowest BCUT2D eigenvalue weighted by Crippen LogP contribution is -2.35. The van der Waals surface area contributed by atoms with Crippen molar-refractivity contribution in [2.45, 2.75) is 52.4 Å². The first-order valence-corrected chi connectivity index (χ1v) is 12.6. The quantitative estimate of drug-likeness (QED) is 0.403. The summed E-state index contributed by atoms with van der Waals surface area (Å²) in [6.07, 6.45) is 9.01. The molecule has 0 spiro atoms. The predicted molar refractivity (Wildman–Crippen MR) is 137 cm³/mol. The third-order valence-corrected chi connectivity index (χ3v) is 6.13. The van der Waals surface area contributed by atoms with E-state index in [2.05, 4.69) is 14.9 Å². The van der Waals surface area contributed by atoms with Crippen LogP contribution >= 0.6 is 0 Å². The molecule has 0 aliphatic carbocycles. The van der Waals surface area contributed by atoms with Gasteiger partial charge >= 0.3 is 0 Å². The summed E-state index contributed by atoms with van der Waals surface area (Å²) in [6.45, 7) is 9.06. The van der Waals surface area contributed by atoms with Gasteiger partial charge in [0.05, 0.1) is 19.4 Å². The lowest BCUT2D eigenvalue weighted by molar-refractivity contribution is 0.323. The Kier molecular flexibility index (Phi) is 8.38. The van der Waals surface area contributed by atoms with Crippen LogP contribution in [0.5, 0.6) is 11.5 Å². The van der Waals surface area contributed by atoms with Gasteiger partial charge in [-0.1, -0.05) is 0 Å². The Bertz CT molecular complexity index is 920. The highest BCUT2D eigenvalue weighted by Gasteiger charge is 2.21. The monoisotopic (exact) mass is 467 g/mol. The van der Waals surface area contributed by atoms with Crippen LogP contribution in [0, 0.1) is 0 Å². The number of hydrogen-bond acceptors (Lipinski definition) is 9. The molecular formula is C25H37N7O2. The molecule has 0 atom stereocenters. The minimum atomic E-state index is 0.552. The van der Waals surface area contributed by atoms with Crippen molar-refractivity contribution >= 4 is 24.1 Å². The maximum atomic E-state index is 5.81. The standard InChI is InChI=1S/C25H37N7O2/c1-4-33-21-13-12-20(22(18-21)34-5-2)19-26-30(3)23-27-24(31-14-8-6-9-15-31)29-25(28-23)32-16-10-7-11-17-32/h12-13,18-19H,4-11,14-17H2,1-3H3/b26-19+. The van der Waals surface area contributed by atoms with Crippen molar-refractivity contribution in [3.05, 3.63) is 23.8 Å². The Balaban J connectivity index is 1.60. The number of benzene rings is 1. The zero-order valence-corrected chi connectivity index (χ0v) is 20.7. The first kappa shape index (κ1) is 24.0. The van der Waals surface area contributed by atoms with Crippen molar-refractivity contribution in [2.75, 3.05) is 61.2 Å². The van der Waals surface area contributed by atoms with Gasteiger partial charge in [0, 0.05) is 44.9 Å². The Labute approximate surface area is 202 Å². The van der Waals surface area contributed by atoms with Gasteiger partial charge in [-0.3, -0.25) is 0 Å². The average Bonchev–Trinajstić information content (AvgIpc) is 2.89. The van der Waals surface area contributed by atoms with Crippen LogP contribution in [-0.2, 0) is 0 Å². The van der Waals surface area contributed by atoms with Crippen molar-refractivity contribution < 1.29 is 9.47 Å². The van der Waals surface area contributed by atoms with Gasteiger partial charge in [0.15, 0.2) is 0 Å². The molecule has 2 saturated heterocycles. The van der Waals surface area contributed by atoms with Crippen molar-refractivity contribution in [3.8, 4) is 11.5 Å². The molecule has 2 aliphatic rings.